The van der Waals surface area contributed by atoms with E-state index in [9.17, 15) is 9.59 Å². The Balaban J connectivity index is 1.67. The van der Waals surface area contributed by atoms with E-state index in [1.165, 1.54) is 11.8 Å². The van der Waals surface area contributed by atoms with Crippen LogP contribution in [0.25, 0.3) is 0 Å². The van der Waals surface area contributed by atoms with Gasteiger partial charge in [0.15, 0.2) is 5.76 Å². The number of aryl methyl sites for hydroxylation is 1. The Labute approximate surface area is 189 Å². The van der Waals surface area contributed by atoms with Crippen LogP contribution < -0.4 is 5.32 Å². The monoisotopic (exact) mass is 430 g/mol. The van der Waals surface area contributed by atoms with Crippen LogP contribution in [0.3, 0.4) is 0 Å². The normalized spacial score (nSPS) is 14.8. The average molecular weight is 431 g/mol. The standard InChI is InChI=1S/C27H30N2O3/c1-20-10-5-6-11-21(20)17-18-29(27(31)24-16-9-19-32-24)25(22-12-3-2-4-13-22)26(30)28-23-14-7-8-15-23/h2-6,9-13,16,19,23,25H,7-8,14-15,17-18H2,1H3,(H,28,30)/t25-/m0/s1. The summed E-state index contributed by atoms with van der Waals surface area (Å²) < 4.78 is 5.43. The number of carbonyl (C=O) groups is 2. The van der Waals surface area contributed by atoms with Gasteiger partial charge in [-0.3, -0.25) is 9.59 Å². The molecule has 0 bridgehead atoms. The Hall–Kier alpha value is -3.34. The van der Waals surface area contributed by atoms with Gasteiger partial charge in [0.2, 0.25) is 5.91 Å². The lowest BCUT2D eigenvalue weighted by Gasteiger charge is -2.32. The number of benzene rings is 2. The minimum absolute atomic E-state index is 0.132. The summed E-state index contributed by atoms with van der Waals surface area (Å²) in [5.74, 6) is -0.170. The van der Waals surface area contributed by atoms with Crippen LogP contribution in [0.4, 0.5) is 0 Å². The SMILES string of the molecule is Cc1ccccc1CCN(C(=O)c1ccco1)[C@H](C(=O)NC1CCCC1)c1ccccc1. The van der Waals surface area contributed by atoms with Crippen LogP contribution >= 0.6 is 0 Å². The molecule has 1 aliphatic carbocycles. The molecule has 0 aliphatic heterocycles. The van der Waals surface area contributed by atoms with Gasteiger partial charge >= 0.3 is 0 Å². The summed E-state index contributed by atoms with van der Waals surface area (Å²) in [5.41, 5.74) is 3.13. The molecular weight excluding hydrogens is 400 g/mol. The van der Waals surface area contributed by atoms with E-state index < -0.39 is 6.04 Å². The predicted molar refractivity (Wildman–Crippen MR) is 124 cm³/mol. The van der Waals surface area contributed by atoms with Crippen LogP contribution in [0.2, 0.25) is 0 Å². The van der Waals surface area contributed by atoms with Crippen LogP contribution in [0, 0.1) is 6.92 Å². The number of hydrogen-bond acceptors (Lipinski definition) is 3. The number of amides is 2. The number of rotatable bonds is 8. The highest BCUT2D eigenvalue weighted by atomic mass is 16.3. The first kappa shape index (κ1) is 21.9. The molecule has 3 aromatic rings. The molecule has 1 atom stereocenters. The van der Waals surface area contributed by atoms with Gasteiger partial charge in [0.25, 0.3) is 5.91 Å². The van der Waals surface area contributed by atoms with Crippen molar-refractivity contribution < 1.29 is 14.0 Å². The lowest BCUT2D eigenvalue weighted by molar-refractivity contribution is -0.126. The highest BCUT2D eigenvalue weighted by Crippen LogP contribution is 2.26. The van der Waals surface area contributed by atoms with Gasteiger partial charge in [-0.25, -0.2) is 0 Å². The van der Waals surface area contributed by atoms with E-state index in [-0.39, 0.29) is 23.6 Å². The Morgan fingerprint density at radius 3 is 2.41 bits per heavy atom. The summed E-state index contributed by atoms with van der Waals surface area (Å²) in [4.78, 5) is 28.7. The molecule has 5 nitrogen and oxygen atoms in total. The fourth-order valence-corrected chi connectivity index (χ4v) is 4.48. The lowest BCUT2D eigenvalue weighted by atomic mass is 10.0. The number of nitrogens with one attached hydrogen (secondary N) is 1. The molecule has 1 aliphatic rings. The van der Waals surface area contributed by atoms with Crippen LogP contribution in [-0.2, 0) is 11.2 Å². The Morgan fingerprint density at radius 1 is 1.00 bits per heavy atom. The first-order chi connectivity index (χ1) is 15.6. The smallest absolute Gasteiger partial charge is 0.290 e. The molecule has 1 heterocycles. The maximum absolute atomic E-state index is 13.6. The summed E-state index contributed by atoms with van der Waals surface area (Å²) in [6, 6.07) is 20.5. The molecular formula is C27H30N2O3. The summed E-state index contributed by atoms with van der Waals surface area (Å²) >= 11 is 0. The number of hydrogen-bond donors (Lipinski definition) is 1. The van der Waals surface area contributed by atoms with Crippen molar-refractivity contribution in [1.29, 1.82) is 0 Å². The Kier molecular flexibility index (Phi) is 7.05. The van der Waals surface area contributed by atoms with E-state index in [0.717, 1.165) is 36.8 Å². The molecule has 1 saturated carbocycles. The maximum Gasteiger partial charge on any atom is 0.290 e. The van der Waals surface area contributed by atoms with Crippen LogP contribution in [0.1, 0.15) is 59.0 Å². The van der Waals surface area contributed by atoms with Crippen LogP contribution in [0.5, 0.6) is 0 Å². The van der Waals surface area contributed by atoms with E-state index in [4.69, 9.17) is 4.42 Å². The third-order valence-electron chi connectivity index (χ3n) is 6.25. The highest BCUT2D eigenvalue weighted by Gasteiger charge is 2.34. The fraction of sp³-hybridized carbons (Fsp3) is 0.333. The first-order valence-corrected chi connectivity index (χ1v) is 11.4. The summed E-state index contributed by atoms with van der Waals surface area (Å²) in [5, 5.41) is 3.20. The van der Waals surface area contributed by atoms with Crippen molar-refractivity contribution in [2.45, 2.75) is 51.1 Å². The van der Waals surface area contributed by atoms with E-state index >= 15 is 0 Å². The molecule has 0 unspecified atom stereocenters. The highest BCUT2D eigenvalue weighted by molar-refractivity contribution is 5.96. The minimum atomic E-state index is -0.724. The van der Waals surface area contributed by atoms with E-state index in [2.05, 4.69) is 24.4 Å². The molecule has 32 heavy (non-hydrogen) atoms. The minimum Gasteiger partial charge on any atom is -0.459 e. The first-order valence-electron chi connectivity index (χ1n) is 11.4. The van der Waals surface area contributed by atoms with E-state index in [1.54, 1.807) is 17.0 Å². The fourth-order valence-electron chi connectivity index (χ4n) is 4.48. The molecule has 5 heteroatoms. The molecule has 0 spiro atoms. The zero-order valence-corrected chi connectivity index (χ0v) is 18.5. The Morgan fingerprint density at radius 2 is 1.72 bits per heavy atom. The van der Waals surface area contributed by atoms with Crippen LogP contribution in [-0.4, -0.2) is 29.3 Å². The molecule has 1 fully saturated rings. The molecule has 1 aromatic heterocycles. The van der Waals surface area contributed by atoms with Gasteiger partial charge in [-0.15, -0.1) is 0 Å². The van der Waals surface area contributed by atoms with Crippen molar-refractivity contribution in [3.05, 3.63) is 95.4 Å². The second-order valence-electron chi connectivity index (χ2n) is 8.46. The van der Waals surface area contributed by atoms with Crippen molar-refractivity contribution in [2.75, 3.05) is 6.54 Å². The second kappa shape index (κ2) is 10.3. The zero-order valence-electron chi connectivity index (χ0n) is 18.5. The summed E-state index contributed by atoms with van der Waals surface area (Å²) in [6.45, 7) is 2.47. The molecule has 0 saturated heterocycles. The summed E-state index contributed by atoms with van der Waals surface area (Å²) in [7, 11) is 0. The van der Waals surface area contributed by atoms with E-state index in [0.29, 0.717) is 13.0 Å². The quantitative estimate of drug-likeness (QED) is 0.542. The molecule has 0 radical (unpaired) electrons. The zero-order chi connectivity index (χ0) is 22.3. The largest absolute Gasteiger partial charge is 0.459 e. The molecule has 2 amide bonds. The number of nitrogens with zero attached hydrogens (tertiary/aromatic N) is 1. The Bertz CT molecular complexity index is 1020. The van der Waals surface area contributed by atoms with Gasteiger partial charge in [0.1, 0.15) is 6.04 Å². The van der Waals surface area contributed by atoms with Crippen molar-refractivity contribution in [1.82, 2.24) is 10.2 Å². The second-order valence-corrected chi connectivity index (χ2v) is 8.46. The van der Waals surface area contributed by atoms with Gasteiger partial charge in [-0.05, 0) is 55.0 Å². The van der Waals surface area contributed by atoms with E-state index in [1.807, 2.05) is 42.5 Å². The summed E-state index contributed by atoms with van der Waals surface area (Å²) in [6.07, 6.45) is 6.37. The van der Waals surface area contributed by atoms with Gasteiger partial charge in [-0.1, -0.05) is 67.4 Å². The van der Waals surface area contributed by atoms with Gasteiger partial charge in [0, 0.05) is 12.6 Å². The van der Waals surface area contributed by atoms with Crippen molar-refractivity contribution in [2.24, 2.45) is 0 Å². The number of carbonyl (C=O) groups excluding carboxylic acids is 2. The van der Waals surface area contributed by atoms with Crippen LogP contribution in [0.15, 0.2) is 77.4 Å². The molecule has 2 aromatic carbocycles. The molecule has 4 rings (SSSR count). The van der Waals surface area contributed by atoms with Crippen molar-refractivity contribution in [3.63, 3.8) is 0 Å². The maximum atomic E-state index is 13.6. The third kappa shape index (κ3) is 5.10. The number of furan rings is 1. The average Bonchev–Trinajstić information content (AvgIpc) is 3.52. The van der Waals surface area contributed by atoms with Gasteiger partial charge in [-0.2, -0.15) is 0 Å². The van der Waals surface area contributed by atoms with Gasteiger partial charge in [0.05, 0.1) is 6.26 Å². The topological polar surface area (TPSA) is 62.6 Å². The molecule has 1 N–H and O–H groups in total. The lowest BCUT2D eigenvalue weighted by Crippen LogP contribution is -2.46. The third-order valence-corrected chi connectivity index (χ3v) is 6.25. The van der Waals surface area contributed by atoms with Crippen molar-refractivity contribution >= 4 is 11.8 Å². The van der Waals surface area contributed by atoms with Gasteiger partial charge < -0.3 is 14.6 Å². The predicted octanol–water partition coefficient (Wildman–Crippen LogP) is 5.07. The molecule has 166 valence electrons. The van der Waals surface area contributed by atoms with Crippen molar-refractivity contribution in [3.8, 4) is 0 Å².